The summed E-state index contributed by atoms with van der Waals surface area (Å²) in [7, 11) is 1.50. The van der Waals surface area contributed by atoms with Gasteiger partial charge in [0.25, 0.3) is 5.56 Å². The molecule has 0 aliphatic carbocycles. The fraction of sp³-hybridized carbons (Fsp3) is 0.188. The lowest BCUT2D eigenvalue weighted by molar-refractivity contribution is 0.0522. The number of aromatic nitrogens is 1. The molecule has 2 heterocycles. The highest BCUT2D eigenvalue weighted by Crippen LogP contribution is 2.24. The number of rotatable bonds is 3. The average Bonchev–Trinajstić information content (AvgIpc) is 2.54. The van der Waals surface area contributed by atoms with Crippen molar-refractivity contribution in [3.8, 4) is 5.75 Å². The predicted molar refractivity (Wildman–Crippen MR) is 83.1 cm³/mol. The van der Waals surface area contributed by atoms with Crippen LogP contribution in [0.5, 0.6) is 5.75 Å². The Hall–Kier alpha value is -3.09. The van der Waals surface area contributed by atoms with Gasteiger partial charge in [0.2, 0.25) is 0 Å². The van der Waals surface area contributed by atoms with Gasteiger partial charge in [0, 0.05) is 5.39 Å². The van der Waals surface area contributed by atoms with Crippen LogP contribution >= 0.6 is 0 Å². The summed E-state index contributed by atoms with van der Waals surface area (Å²) in [5, 5.41) is 0.597. The molecule has 3 rings (SSSR count). The molecule has 1 N–H and O–H groups in total. The summed E-state index contributed by atoms with van der Waals surface area (Å²) in [6.45, 7) is 1.73. The number of H-pyrrole nitrogens is 1. The summed E-state index contributed by atoms with van der Waals surface area (Å²) in [5.74, 6) is -0.281. The Morgan fingerprint density at radius 3 is 2.70 bits per heavy atom. The van der Waals surface area contributed by atoms with E-state index in [0.29, 0.717) is 16.7 Å². The zero-order valence-corrected chi connectivity index (χ0v) is 12.5. The van der Waals surface area contributed by atoms with Gasteiger partial charge in [0.1, 0.15) is 11.3 Å². The number of aromatic amines is 1. The molecule has 0 unspecified atom stereocenters. The average molecular weight is 315 g/mol. The highest BCUT2D eigenvalue weighted by atomic mass is 16.5. The van der Waals surface area contributed by atoms with Crippen LogP contribution in [-0.2, 0) is 4.74 Å². The fourth-order valence-corrected chi connectivity index (χ4v) is 2.33. The molecule has 7 nitrogen and oxygen atoms in total. The third-order valence-electron chi connectivity index (χ3n) is 3.41. The molecule has 0 aliphatic rings. The molecule has 3 aromatic rings. The van der Waals surface area contributed by atoms with E-state index in [9.17, 15) is 14.4 Å². The van der Waals surface area contributed by atoms with Gasteiger partial charge >= 0.3 is 11.6 Å². The van der Waals surface area contributed by atoms with Crippen LogP contribution in [0.3, 0.4) is 0 Å². The van der Waals surface area contributed by atoms with Gasteiger partial charge in [-0.3, -0.25) is 4.79 Å². The molecule has 0 saturated carbocycles. The van der Waals surface area contributed by atoms with Gasteiger partial charge in [0.05, 0.1) is 24.6 Å². The molecule has 0 atom stereocenters. The van der Waals surface area contributed by atoms with E-state index >= 15 is 0 Å². The number of carbonyl (C=O) groups is 1. The molecule has 118 valence electrons. The first-order chi connectivity index (χ1) is 11.0. The van der Waals surface area contributed by atoms with Crippen molar-refractivity contribution in [2.75, 3.05) is 13.7 Å². The Kier molecular flexibility index (Phi) is 3.61. The van der Waals surface area contributed by atoms with Crippen LogP contribution in [0.2, 0.25) is 0 Å². The molecule has 7 heteroatoms. The zero-order valence-electron chi connectivity index (χ0n) is 12.5. The summed E-state index contributed by atoms with van der Waals surface area (Å²) in [6, 6.07) is 6.15. The van der Waals surface area contributed by atoms with Crippen molar-refractivity contribution >= 4 is 27.8 Å². The summed E-state index contributed by atoms with van der Waals surface area (Å²) >= 11 is 0. The number of pyridine rings is 1. The lowest BCUT2D eigenvalue weighted by atomic mass is 10.1. The van der Waals surface area contributed by atoms with Crippen LogP contribution in [-0.4, -0.2) is 24.7 Å². The van der Waals surface area contributed by atoms with Gasteiger partial charge in [-0.15, -0.1) is 0 Å². The molecule has 0 bridgehead atoms. The van der Waals surface area contributed by atoms with Gasteiger partial charge in [-0.1, -0.05) is 0 Å². The van der Waals surface area contributed by atoms with E-state index in [4.69, 9.17) is 13.9 Å². The predicted octanol–water partition coefficient (Wildman–Crippen LogP) is 1.82. The van der Waals surface area contributed by atoms with Crippen LogP contribution in [0.25, 0.3) is 21.9 Å². The fourth-order valence-electron chi connectivity index (χ4n) is 2.33. The van der Waals surface area contributed by atoms with Gasteiger partial charge in [-0.25, -0.2) is 9.59 Å². The lowest BCUT2D eigenvalue weighted by Crippen LogP contribution is -2.18. The van der Waals surface area contributed by atoms with Gasteiger partial charge in [0.15, 0.2) is 5.58 Å². The number of carbonyl (C=O) groups excluding carboxylic acids is 1. The third kappa shape index (κ3) is 2.46. The minimum atomic E-state index is -0.856. The van der Waals surface area contributed by atoms with Crippen LogP contribution in [0.1, 0.15) is 17.3 Å². The molecule has 0 amide bonds. The number of ether oxygens (including phenoxy) is 2. The molecular formula is C16H13NO6. The maximum atomic E-state index is 12.2. The van der Waals surface area contributed by atoms with Gasteiger partial charge < -0.3 is 18.9 Å². The molecule has 0 radical (unpaired) electrons. The Bertz CT molecular complexity index is 1030. The van der Waals surface area contributed by atoms with Crippen molar-refractivity contribution in [3.63, 3.8) is 0 Å². The Morgan fingerprint density at radius 2 is 2.00 bits per heavy atom. The molecule has 0 saturated heterocycles. The molecule has 23 heavy (non-hydrogen) atoms. The number of methoxy groups -OCH3 is 1. The van der Waals surface area contributed by atoms with E-state index in [-0.39, 0.29) is 23.1 Å². The molecular weight excluding hydrogens is 302 g/mol. The molecule has 0 fully saturated rings. The summed E-state index contributed by atoms with van der Waals surface area (Å²) in [4.78, 5) is 38.7. The van der Waals surface area contributed by atoms with Crippen molar-refractivity contribution in [1.29, 1.82) is 0 Å². The van der Waals surface area contributed by atoms with E-state index in [1.807, 2.05) is 0 Å². The highest BCUT2D eigenvalue weighted by molar-refractivity contribution is 6.03. The second-order valence-electron chi connectivity index (χ2n) is 4.78. The lowest BCUT2D eigenvalue weighted by Gasteiger charge is -2.06. The Balaban J connectivity index is 2.39. The summed E-state index contributed by atoms with van der Waals surface area (Å²) < 4.78 is 15.2. The number of nitrogens with one attached hydrogen (secondary N) is 1. The smallest absolute Gasteiger partial charge is 0.351 e. The maximum absolute atomic E-state index is 12.2. The van der Waals surface area contributed by atoms with Crippen LogP contribution < -0.4 is 15.9 Å². The molecule has 0 spiro atoms. The van der Waals surface area contributed by atoms with Crippen molar-refractivity contribution < 1.29 is 18.7 Å². The zero-order chi connectivity index (χ0) is 16.6. The first-order valence-corrected chi connectivity index (χ1v) is 6.90. The van der Waals surface area contributed by atoms with Crippen molar-refractivity contribution in [2.24, 2.45) is 0 Å². The number of fused-ring (bicyclic) bond motifs is 3. The second kappa shape index (κ2) is 5.60. The maximum Gasteiger partial charge on any atom is 0.351 e. The van der Waals surface area contributed by atoms with Crippen LogP contribution in [0.15, 0.2) is 38.3 Å². The van der Waals surface area contributed by atoms with E-state index in [2.05, 4.69) is 4.98 Å². The first kappa shape index (κ1) is 14.8. The SMILES string of the molecule is CCOC(=O)c1cc2c(=O)[nH]c3ccc(OC)cc3c2oc1=O. The van der Waals surface area contributed by atoms with Gasteiger partial charge in [-0.05, 0) is 31.2 Å². The number of hydrogen-bond acceptors (Lipinski definition) is 6. The minimum absolute atomic E-state index is 0.0911. The number of benzene rings is 1. The van der Waals surface area contributed by atoms with Crippen molar-refractivity contribution in [1.82, 2.24) is 4.98 Å². The van der Waals surface area contributed by atoms with E-state index < -0.39 is 17.2 Å². The van der Waals surface area contributed by atoms with E-state index in [1.54, 1.807) is 25.1 Å². The monoisotopic (exact) mass is 315 g/mol. The number of esters is 1. The summed E-state index contributed by atoms with van der Waals surface area (Å²) in [5.41, 5.74) is -1.04. The molecule has 0 aliphatic heterocycles. The summed E-state index contributed by atoms with van der Waals surface area (Å²) in [6.07, 6.45) is 0. The van der Waals surface area contributed by atoms with Crippen LogP contribution in [0, 0.1) is 0 Å². The standard InChI is InChI=1S/C16H13NO6/c1-3-22-15(19)11-7-10-13(23-16(11)20)9-6-8(21-2)4-5-12(9)17-14(10)18/h4-7H,3H2,1-2H3,(H,17,18). The molecule has 2 aromatic heterocycles. The minimum Gasteiger partial charge on any atom is -0.497 e. The number of hydrogen-bond donors (Lipinski definition) is 1. The van der Waals surface area contributed by atoms with Crippen molar-refractivity contribution in [2.45, 2.75) is 6.92 Å². The third-order valence-corrected chi connectivity index (χ3v) is 3.41. The Morgan fingerprint density at radius 1 is 1.22 bits per heavy atom. The van der Waals surface area contributed by atoms with E-state index in [1.165, 1.54) is 13.2 Å². The largest absolute Gasteiger partial charge is 0.497 e. The Labute approximate surface area is 129 Å². The quantitative estimate of drug-likeness (QED) is 0.584. The highest BCUT2D eigenvalue weighted by Gasteiger charge is 2.18. The normalized spacial score (nSPS) is 10.9. The molecule has 1 aromatic carbocycles. The second-order valence-corrected chi connectivity index (χ2v) is 4.78. The topological polar surface area (TPSA) is 98.6 Å². The first-order valence-electron chi connectivity index (χ1n) is 6.90. The van der Waals surface area contributed by atoms with Gasteiger partial charge in [-0.2, -0.15) is 0 Å². The van der Waals surface area contributed by atoms with E-state index in [0.717, 1.165) is 0 Å². The van der Waals surface area contributed by atoms with Crippen LogP contribution in [0.4, 0.5) is 0 Å². The van der Waals surface area contributed by atoms with Crippen molar-refractivity contribution in [3.05, 3.63) is 50.6 Å².